The van der Waals surface area contributed by atoms with Crippen molar-refractivity contribution in [2.24, 2.45) is 0 Å². The van der Waals surface area contributed by atoms with E-state index in [1.54, 1.807) is 24.3 Å². The highest BCUT2D eigenvalue weighted by atomic mass is 16.5. The number of imide groups is 1. The third-order valence-corrected chi connectivity index (χ3v) is 2.54. The Morgan fingerprint density at radius 3 is 2.50 bits per heavy atom. The van der Waals surface area contributed by atoms with Gasteiger partial charge in [-0.15, -0.1) is 0 Å². The summed E-state index contributed by atoms with van der Waals surface area (Å²) in [6, 6.07) is 7.60. The molecule has 1 aliphatic heterocycles. The lowest BCUT2D eigenvalue weighted by molar-refractivity contribution is -0.156. The molecule has 2 rings (SSSR count). The zero-order valence-corrected chi connectivity index (χ0v) is 9.67. The van der Waals surface area contributed by atoms with Gasteiger partial charge in [0.15, 0.2) is 0 Å². The van der Waals surface area contributed by atoms with Gasteiger partial charge in [0.05, 0.1) is 0 Å². The number of nitrogens with one attached hydrogen (secondary N) is 2. The molecule has 94 valence electrons. The predicted octanol–water partition coefficient (Wildman–Crippen LogP) is 0.499. The molecule has 1 aliphatic rings. The molecular formula is C12H12N2O4. The first-order chi connectivity index (χ1) is 8.58. The van der Waals surface area contributed by atoms with Gasteiger partial charge in [0.2, 0.25) is 6.10 Å². The van der Waals surface area contributed by atoms with Crippen molar-refractivity contribution in [2.45, 2.75) is 19.1 Å². The maximum Gasteiger partial charge on any atom is 0.322 e. The molecule has 1 heterocycles. The maximum absolute atomic E-state index is 11.7. The average Bonchev–Trinajstić information content (AvgIpc) is 2.33. The van der Waals surface area contributed by atoms with Crippen molar-refractivity contribution in [3.05, 3.63) is 35.9 Å². The number of hydrogen-bond donors (Lipinski definition) is 2. The van der Waals surface area contributed by atoms with Gasteiger partial charge in [0.1, 0.15) is 6.04 Å². The number of rotatable bonds is 2. The van der Waals surface area contributed by atoms with E-state index in [2.05, 4.69) is 10.6 Å². The summed E-state index contributed by atoms with van der Waals surface area (Å²) in [5.41, 5.74) is 0.701. The molecule has 6 heteroatoms. The normalized spacial score (nSPS) is 22.9. The van der Waals surface area contributed by atoms with Crippen molar-refractivity contribution in [3.63, 3.8) is 0 Å². The smallest absolute Gasteiger partial charge is 0.322 e. The Labute approximate surface area is 103 Å². The van der Waals surface area contributed by atoms with E-state index in [0.717, 1.165) is 0 Å². The number of ether oxygens (including phenoxy) is 1. The Bertz CT molecular complexity index is 486. The van der Waals surface area contributed by atoms with Crippen LogP contribution >= 0.6 is 0 Å². The predicted molar refractivity (Wildman–Crippen MR) is 61.4 cm³/mol. The molecule has 3 amide bonds. The van der Waals surface area contributed by atoms with Crippen LogP contribution in [0.1, 0.15) is 18.5 Å². The number of amides is 3. The number of carbonyl (C=O) groups is 3. The number of esters is 1. The van der Waals surface area contributed by atoms with Crippen LogP contribution in [0.15, 0.2) is 30.3 Å². The largest absolute Gasteiger partial charge is 0.450 e. The van der Waals surface area contributed by atoms with Crippen molar-refractivity contribution in [1.29, 1.82) is 0 Å². The lowest BCUT2D eigenvalue weighted by Crippen LogP contribution is -2.57. The van der Waals surface area contributed by atoms with Crippen LogP contribution in [0.25, 0.3) is 0 Å². The van der Waals surface area contributed by atoms with Gasteiger partial charge in [-0.2, -0.15) is 0 Å². The molecular weight excluding hydrogens is 236 g/mol. The van der Waals surface area contributed by atoms with Gasteiger partial charge in [-0.1, -0.05) is 30.3 Å². The third-order valence-electron chi connectivity index (χ3n) is 2.54. The number of carbonyl (C=O) groups excluding carboxylic acids is 3. The molecule has 1 aromatic rings. The summed E-state index contributed by atoms with van der Waals surface area (Å²) in [4.78, 5) is 34.0. The first kappa shape index (κ1) is 12.1. The van der Waals surface area contributed by atoms with Crippen molar-refractivity contribution in [1.82, 2.24) is 10.6 Å². The Balaban J connectivity index is 2.30. The summed E-state index contributed by atoms with van der Waals surface area (Å²) in [7, 11) is 0. The molecule has 0 unspecified atom stereocenters. The summed E-state index contributed by atoms with van der Waals surface area (Å²) in [6.07, 6.45) is -1.05. The van der Waals surface area contributed by atoms with E-state index in [-0.39, 0.29) is 0 Å². The van der Waals surface area contributed by atoms with Gasteiger partial charge in [0, 0.05) is 6.92 Å². The van der Waals surface area contributed by atoms with E-state index in [1.807, 2.05) is 6.07 Å². The Morgan fingerprint density at radius 2 is 1.89 bits per heavy atom. The highest BCUT2D eigenvalue weighted by Crippen LogP contribution is 2.22. The van der Waals surface area contributed by atoms with Crippen LogP contribution in [-0.4, -0.2) is 24.0 Å². The monoisotopic (exact) mass is 248 g/mol. The summed E-state index contributed by atoms with van der Waals surface area (Å²) < 4.78 is 4.95. The number of benzene rings is 1. The molecule has 0 bridgehead atoms. The molecule has 0 aliphatic carbocycles. The van der Waals surface area contributed by atoms with E-state index in [1.165, 1.54) is 6.92 Å². The van der Waals surface area contributed by atoms with Gasteiger partial charge in [0.25, 0.3) is 5.91 Å². The summed E-state index contributed by atoms with van der Waals surface area (Å²) >= 11 is 0. The van der Waals surface area contributed by atoms with Crippen LogP contribution < -0.4 is 10.6 Å². The Morgan fingerprint density at radius 1 is 1.22 bits per heavy atom. The molecule has 18 heavy (non-hydrogen) atoms. The minimum absolute atomic E-state index is 0.577. The lowest BCUT2D eigenvalue weighted by atomic mass is 9.99. The van der Waals surface area contributed by atoms with Crippen LogP contribution in [0.3, 0.4) is 0 Å². The van der Waals surface area contributed by atoms with Crippen LogP contribution in [0.2, 0.25) is 0 Å². The van der Waals surface area contributed by atoms with E-state index in [9.17, 15) is 14.4 Å². The lowest BCUT2D eigenvalue weighted by Gasteiger charge is -2.30. The molecule has 6 nitrogen and oxygen atoms in total. The van der Waals surface area contributed by atoms with E-state index < -0.39 is 30.1 Å². The fourth-order valence-corrected chi connectivity index (χ4v) is 1.81. The van der Waals surface area contributed by atoms with Gasteiger partial charge >= 0.3 is 12.0 Å². The van der Waals surface area contributed by atoms with E-state index in [0.29, 0.717) is 5.56 Å². The zero-order chi connectivity index (χ0) is 13.1. The molecule has 0 saturated carbocycles. The first-order valence-corrected chi connectivity index (χ1v) is 5.41. The zero-order valence-electron chi connectivity index (χ0n) is 9.67. The second kappa shape index (κ2) is 4.87. The molecule has 1 aromatic carbocycles. The van der Waals surface area contributed by atoms with Crippen LogP contribution in [-0.2, 0) is 14.3 Å². The second-order valence-corrected chi connectivity index (χ2v) is 3.88. The quantitative estimate of drug-likeness (QED) is 0.746. The second-order valence-electron chi connectivity index (χ2n) is 3.88. The minimum Gasteiger partial charge on any atom is -0.450 e. The number of urea groups is 1. The molecule has 1 fully saturated rings. The Kier molecular flexibility index (Phi) is 3.27. The van der Waals surface area contributed by atoms with Crippen LogP contribution in [0.5, 0.6) is 0 Å². The van der Waals surface area contributed by atoms with Crippen LogP contribution in [0, 0.1) is 0 Å². The van der Waals surface area contributed by atoms with Crippen molar-refractivity contribution >= 4 is 17.9 Å². The SMILES string of the molecule is CC(=O)O[C@@H]1C(=O)NC(=O)N[C@H]1c1ccccc1. The molecule has 2 N–H and O–H groups in total. The highest BCUT2D eigenvalue weighted by molar-refractivity contribution is 6.00. The van der Waals surface area contributed by atoms with Crippen LogP contribution in [0.4, 0.5) is 4.79 Å². The number of hydrogen-bond acceptors (Lipinski definition) is 4. The fraction of sp³-hybridized carbons (Fsp3) is 0.250. The molecule has 1 saturated heterocycles. The molecule has 2 atom stereocenters. The summed E-state index contributed by atoms with van der Waals surface area (Å²) in [5.74, 6) is -1.20. The average molecular weight is 248 g/mol. The third kappa shape index (κ3) is 2.48. The Hall–Kier alpha value is -2.37. The van der Waals surface area contributed by atoms with E-state index in [4.69, 9.17) is 4.74 Å². The van der Waals surface area contributed by atoms with Crippen molar-refractivity contribution in [2.75, 3.05) is 0 Å². The molecule has 0 spiro atoms. The maximum atomic E-state index is 11.7. The van der Waals surface area contributed by atoms with Crippen molar-refractivity contribution < 1.29 is 19.1 Å². The highest BCUT2D eigenvalue weighted by Gasteiger charge is 2.38. The first-order valence-electron chi connectivity index (χ1n) is 5.41. The van der Waals surface area contributed by atoms with Gasteiger partial charge in [-0.3, -0.25) is 14.9 Å². The standard InChI is InChI=1S/C12H12N2O4/c1-7(15)18-10-9(8-5-3-2-4-6-8)13-12(17)14-11(10)16/h2-6,9-10H,1H3,(H2,13,14,16,17)/t9-,10-/m0/s1. The topological polar surface area (TPSA) is 84.5 Å². The fourth-order valence-electron chi connectivity index (χ4n) is 1.81. The van der Waals surface area contributed by atoms with Crippen molar-refractivity contribution in [3.8, 4) is 0 Å². The summed E-state index contributed by atoms with van der Waals surface area (Å²) in [5, 5.41) is 4.64. The molecule has 0 radical (unpaired) electrons. The van der Waals surface area contributed by atoms with Gasteiger partial charge < -0.3 is 10.1 Å². The minimum atomic E-state index is -1.05. The van der Waals surface area contributed by atoms with Gasteiger partial charge in [-0.25, -0.2) is 4.79 Å². The van der Waals surface area contributed by atoms with E-state index >= 15 is 0 Å². The van der Waals surface area contributed by atoms with Gasteiger partial charge in [-0.05, 0) is 5.56 Å². The molecule has 0 aromatic heterocycles. The summed E-state index contributed by atoms with van der Waals surface area (Å²) in [6.45, 7) is 1.21.